The number of nitrogens with one attached hydrogen (secondary N) is 2. The van der Waals surface area contributed by atoms with Crippen molar-refractivity contribution in [2.45, 2.75) is 25.8 Å². The molecule has 2 aromatic rings. The molecular weight excluding hydrogens is 392 g/mol. The Morgan fingerprint density at radius 3 is 2.70 bits per heavy atom. The van der Waals surface area contributed by atoms with Crippen molar-refractivity contribution in [2.24, 2.45) is 0 Å². The second-order valence-corrected chi connectivity index (χ2v) is 7.08. The first-order valence-corrected chi connectivity index (χ1v) is 9.97. The molecule has 0 aromatic heterocycles. The van der Waals surface area contributed by atoms with E-state index in [0.717, 1.165) is 12.5 Å². The van der Waals surface area contributed by atoms with Crippen molar-refractivity contribution in [3.8, 4) is 5.75 Å². The van der Waals surface area contributed by atoms with Crippen LogP contribution in [-0.2, 0) is 4.79 Å². The monoisotopic (exact) mass is 417 g/mol. The average molecular weight is 417 g/mol. The zero-order chi connectivity index (χ0) is 21.5. The quantitative estimate of drug-likeness (QED) is 0.726. The summed E-state index contributed by atoms with van der Waals surface area (Å²) in [5.41, 5.74) is -0.490. The zero-order valence-electron chi connectivity index (χ0n) is 16.8. The SMILES string of the molecule is CCC1CN(C(=O)c2cc(NC(=O)CCOc3ccccc3)c(F)cc2F)CCN1. The lowest BCUT2D eigenvalue weighted by Crippen LogP contribution is -2.52. The molecule has 1 heterocycles. The molecule has 1 saturated heterocycles. The summed E-state index contributed by atoms with van der Waals surface area (Å²) in [6.45, 7) is 3.59. The van der Waals surface area contributed by atoms with Gasteiger partial charge in [-0.1, -0.05) is 25.1 Å². The van der Waals surface area contributed by atoms with Gasteiger partial charge in [0.2, 0.25) is 5.91 Å². The molecule has 0 bridgehead atoms. The van der Waals surface area contributed by atoms with Gasteiger partial charge in [-0.2, -0.15) is 0 Å². The lowest BCUT2D eigenvalue weighted by molar-refractivity contribution is -0.116. The minimum absolute atomic E-state index is 0.0229. The van der Waals surface area contributed by atoms with Crippen molar-refractivity contribution in [3.05, 3.63) is 59.7 Å². The van der Waals surface area contributed by atoms with E-state index in [4.69, 9.17) is 4.74 Å². The van der Waals surface area contributed by atoms with Crippen molar-refractivity contribution in [1.82, 2.24) is 10.2 Å². The number of ether oxygens (including phenoxy) is 1. The largest absolute Gasteiger partial charge is 0.493 e. The van der Waals surface area contributed by atoms with Crippen LogP contribution in [0.2, 0.25) is 0 Å². The topological polar surface area (TPSA) is 70.7 Å². The van der Waals surface area contributed by atoms with Gasteiger partial charge in [-0.05, 0) is 24.6 Å². The van der Waals surface area contributed by atoms with Crippen LogP contribution in [-0.4, -0.2) is 49.0 Å². The second-order valence-electron chi connectivity index (χ2n) is 7.08. The van der Waals surface area contributed by atoms with Crippen molar-refractivity contribution < 1.29 is 23.1 Å². The Morgan fingerprint density at radius 2 is 1.97 bits per heavy atom. The van der Waals surface area contributed by atoms with Crippen molar-refractivity contribution in [2.75, 3.05) is 31.6 Å². The third-order valence-corrected chi connectivity index (χ3v) is 4.94. The van der Waals surface area contributed by atoms with Crippen molar-refractivity contribution >= 4 is 17.5 Å². The van der Waals surface area contributed by atoms with E-state index in [-0.39, 0.29) is 30.3 Å². The lowest BCUT2D eigenvalue weighted by atomic mass is 10.1. The van der Waals surface area contributed by atoms with Gasteiger partial charge in [-0.25, -0.2) is 8.78 Å². The number of rotatable bonds is 7. The molecular formula is C22H25F2N3O3. The van der Waals surface area contributed by atoms with Crippen LogP contribution in [0.4, 0.5) is 14.5 Å². The summed E-state index contributed by atoms with van der Waals surface area (Å²) in [7, 11) is 0. The van der Waals surface area contributed by atoms with Crippen LogP contribution in [0, 0.1) is 11.6 Å². The lowest BCUT2D eigenvalue weighted by Gasteiger charge is -2.33. The summed E-state index contributed by atoms with van der Waals surface area (Å²) in [5, 5.41) is 5.68. The van der Waals surface area contributed by atoms with E-state index in [1.54, 1.807) is 17.0 Å². The van der Waals surface area contributed by atoms with E-state index in [1.165, 1.54) is 0 Å². The van der Waals surface area contributed by atoms with Crippen LogP contribution in [0.5, 0.6) is 5.75 Å². The Bertz CT molecular complexity index is 893. The first kappa shape index (κ1) is 21.7. The van der Waals surface area contributed by atoms with Gasteiger partial charge >= 0.3 is 0 Å². The molecule has 0 aliphatic carbocycles. The van der Waals surface area contributed by atoms with Crippen LogP contribution in [0.1, 0.15) is 30.1 Å². The molecule has 1 atom stereocenters. The molecule has 1 aliphatic rings. The molecule has 6 nitrogen and oxygen atoms in total. The Labute approximate surface area is 174 Å². The highest BCUT2D eigenvalue weighted by Crippen LogP contribution is 2.22. The van der Waals surface area contributed by atoms with E-state index in [9.17, 15) is 18.4 Å². The van der Waals surface area contributed by atoms with E-state index < -0.39 is 23.4 Å². The molecule has 3 rings (SSSR count). The van der Waals surface area contributed by atoms with Gasteiger partial charge in [-0.15, -0.1) is 0 Å². The number of anilines is 1. The number of piperazine rings is 1. The molecule has 1 unspecified atom stereocenters. The van der Waals surface area contributed by atoms with Gasteiger partial charge in [-0.3, -0.25) is 9.59 Å². The van der Waals surface area contributed by atoms with E-state index >= 15 is 0 Å². The Morgan fingerprint density at radius 1 is 1.20 bits per heavy atom. The van der Waals surface area contributed by atoms with Gasteiger partial charge < -0.3 is 20.3 Å². The zero-order valence-corrected chi connectivity index (χ0v) is 16.8. The Hall–Kier alpha value is -3.00. The number of halogens is 2. The molecule has 0 saturated carbocycles. The smallest absolute Gasteiger partial charge is 0.257 e. The minimum Gasteiger partial charge on any atom is -0.493 e. The fourth-order valence-corrected chi connectivity index (χ4v) is 3.25. The highest BCUT2D eigenvalue weighted by molar-refractivity contribution is 5.97. The fourth-order valence-electron chi connectivity index (χ4n) is 3.25. The third kappa shape index (κ3) is 5.54. The number of amides is 2. The van der Waals surface area contributed by atoms with Crippen LogP contribution in [0.3, 0.4) is 0 Å². The number of hydrogen-bond donors (Lipinski definition) is 2. The molecule has 8 heteroatoms. The maximum Gasteiger partial charge on any atom is 0.257 e. The second kappa shape index (κ2) is 10.2. The number of benzene rings is 2. The molecule has 1 fully saturated rings. The summed E-state index contributed by atoms with van der Waals surface area (Å²) >= 11 is 0. The maximum atomic E-state index is 14.3. The average Bonchev–Trinajstić information content (AvgIpc) is 2.76. The number of nitrogens with zero attached hydrogens (tertiary/aromatic N) is 1. The summed E-state index contributed by atoms with van der Waals surface area (Å²) in [5.74, 6) is -2.28. The molecule has 2 aromatic carbocycles. The van der Waals surface area contributed by atoms with Gasteiger partial charge in [0, 0.05) is 31.7 Å². The first-order chi connectivity index (χ1) is 14.5. The Balaban J connectivity index is 1.64. The highest BCUT2D eigenvalue weighted by atomic mass is 19.1. The van der Waals surface area contributed by atoms with Gasteiger partial charge in [0.1, 0.15) is 17.4 Å². The molecule has 160 valence electrons. The van der Waals surface area contributed by atoms with Crippen LogP contribution in [0.15, 0.2) is 42.5 Å². The van der Waals surface area contributed by atoms with Gasteiger partial charge in [0.05, 0.1) is 24.3 Å². The first-order valence-electron chi connectivity index (χ1n) is 9.97. The van der Waals surface area contributed by atoms with Crippen molar-refractivity contribution in [3.63, 3.8) is 0 Å². The number of carbonyl (C=O) groups excluding carboxylic acids is 2. The van der Waals surface area contributed by atoms with Gasteiger partial charge in [0.15, 0.2) is 0 Å². The number of carbonyl (C=O) groups is 2. The number of hydrogen-bond acceptors (Lipinski definition) is 4. The molecule has 1 aliphatic heterocycles. The summed E-state index contributed by atoms with van der Waals surface area (Å²) in [4.78, 5) is 26.5. The predicted molar refractivity (Wildman–Crippen MR) is 110 cm³/mol. The fraction of sp³-hybridized carbons (Fsp3) is 0.364. The number of para-hydroxylation sites is 1. The highest BCUT2D eigenvalue weighted by Gasteiger charge is 2.26. The van der Waals surface area contributed by atoms with Crippen molar-refractivity contribution in [1.29, 1.82) is 0 Å². The Kier molecular flexibility index (Phi) is 7.35. The van der Waals surface area contributed by atoms with E-state index in [0.29, 0.717) is 31.5 Å². The van der Waals surface area contributed by atoms with Crippen LogP contribution in [0.25, 0.3) is 0 Å². The normalized spacial score (nSPS) is 16.2. The molecule has 2 amide bonds. The molecule has 0 radical (unpaired) electrons. The van der Waals surface area contributed by atoms with E-state index in [1.807, 2.05) is 25.1 Å². The van der Waals surface area contributed by atoms with Crippen LogP contribution < -0.4 is 15.4 Å². The predicted octanol–water partition coefficient (Wildman–Crippen LogP) is 3.20. The standard InChI is InChI=1S/C22H25F2N3O3/c1-2-15-14-27(10-9-25-15)22(29)17-12-20(19(24)13-18(17)23)26-21(28)8-11-30-16-6-4-3-5-7-16/h3-7,12-13,15,25H,2,8-11,14H2,1H3,(H,26,28). The van der Waals surface area contributed by atoms with Gasteiger partial charge in [0.25, 0.3) is 5.91 Å². The minimum atomic E-state index is -0.950. The summed E-state index contributed by atoms with van der Waals surface area (Å²) < 4.78 is 33.9. The molecule has 0 spiro atoms. The molecule has 2 N–H and O–H groups in total. The van der Waals surface area contributed by atoms with Crippen LogP contribution >= 0.6 is 0 Å². The third-order valence-electron chi connectivity index (χ3n) is 4.94. The van der Waals surface area contributed by atoms with E-state index in [2.05, 4.69) is 10.6 Å². The molecule has 30 heavy (non-hydrogen) atoms. The summed E-state index contributed by atoms with van der Waals surface area (Å²) in [6.07, 6.45) is 0.813. The summed E-state index contributed by atoms with van der Waals surface area (Å²) in [6, 6.07) is 10.8. The maximum absolute atomic E-state index is 14.3.